The lowest BCUT2D eigenvalue weighted by Gasteiger charge is -2.44. The standard InChI is InChI=1S/C15H26N2O2/c1-4-13(5-2)17-10-7-12(16-17)11-14(18)15(19-3)8-6-9-15/h7,10,13-14,18H,4-6,8-9,11H2,1-3H3. The minimum atomic E-state index is -0.448. The molecule has 1 N–H and O–H groups in total. The monoisotopic (exact) mass is 266 g/mol. The fourth-order valence-corrected chi connectivity index (χ4v) is 2.94. The summed E-state index contributed by atoms with van der Waals surface area (Å²) >= 11 is 0. The Morgan fingerprint density at radius 2 is 2.11 bits per heavy atom. The van der Waals surface area contributed by atoms with E-state index in [1.54, 1.807) is 7.11 Å². The van der Waals surface area contributed by atoms with E-state index in [-0.39, 0.29) is 5.60 Å². The largest absolute Gasteiger partial charge is 0.390 e. The van der Waals surface area contributed by atoms with Crippen molar-refractivity contribution in [3.63, 3.8) is 0 Å². The predicted molar refractivity (Wildman–Crippen MR) is 75.1 cm³/mol. The second kappa shape index (κ2) is 6.06. The number of hydrogen-bond donors (Lipinski definition) is 1. The molecule has 1 heterocycles. The van der Waals surface area contributed by atoms with E-state index in [1.807, 2.05) is 16.9 Å². The Morgan fingerprint density at radius 3 is 2.58 bits per heavy atom. The number of methoxy groups -OCH3 is 1. The van der Waals surface area contributed by atoms with Crippen LogP contribution in [-0.4, -0.2) is 33.7 Å². The molecular formula is C15H26N2O2. The van der Waals surface area contributed by atoms with E-state index >= 15 is 0 Å². The number of aliphatic hydroxyl groups excluding tert-OH is 1. The van der Waals surface area contributed by atoms with Crippen LogP contribution in [0.5, 0.6) is 0 Å². The van der Waals surface area contributed by atoms with Gasteiger partial charge in [-0.2, -0.15) is 5.10 Å². The highest BCUT2D eigenvalue weighted by atomic mass is 16.5. The van der Waals surface area contributed by atoms with E-state index in [9.17, 15) is 5.11 Å². The Kier molecular flexibility index (Phi) is 4.63. The summed E-state index contributed by atoms with van der Waals surface area (Å²) in [4.78, 5) is 0. The summed E-state index contributed by atoms with van der Waals surface area (Å²) in [5, 5.41) is 15.0. The Hall–Kier alpha value is -0.870. The topological polar surface area (TPSA) is 47.3 Å². The van der Waals surface area contributed by atoms with Gasteiger partial charge in [-0.1, -0.05) is 13.8 Å². The van der Waals surface area contributed by atoms with Crippen molar-refractivity contribution in [2.45, 2.75) is 70.1 Å². The maximum atomic E-state index is 10.4. The lowest BCUT2D eigenvalue weighted by Crippen LogP contribution is -2.50. The molecule has 1 atom stereocenters. The third-order valence-electron chi connectivity index (χ3n) is 4.60. The van der Waals surface area contributed by atoms with E-state index in [0.717, 1.165) is 37.8 Å². The minimum absolute atomic E-state index is 0.321. The number of hydrogen-bond acceptors (Lipinski definition) is 3. The van der Waals surface area contributed by atoms with Crippen molar-refractivity contribution in [3.05, 3.63) is 18.0 Å². The van der Waals surface area contributed by atoms with Crippen molar-refractivity contribution in [1.29, 1.82) is 0 Å². The molecule has 1 fully saturated rings. The van der Waals surface area contributed by atoms with Crippen LogP contribution in [-0.2, 0) is 11.2 Å². The molecule has 1 aliphatic rings. The average molecular weight is 266 g/mol. The Labute approximate surface area is 115 Å². The van der Waals surface area contributed by atoms with Crippen LogP contribution in [0.2, 0.25) is 0 Å². The molecule has 4 heteroatoms. The molecule has 0 bridgehead atoms. The molecule has 0 aromatic carbocycles. The van der Waals surface area contributed by atoms with Gasteiger partial charge in [-0.15, -0.1) is 0 Å². The molecule has 2 rings (SSSR count). The summed E-state index contributed by atoms with van der Waals surface area (Å²) in [6.07, 6.45) is 7.39. The molecule has 1 unspecified atom stereocenters. The molecule has 4 nitrogen and oxygen atoms in total. The van der Waals surface area contributed by atoms with E-state index in [0.29, 0.717) is 12.5 Å². The molecule has 1 saturated carbocycles. The number of aliphatic hydroxyl groups is 1. The summed E-state index contributed by atoms with van der Waals surface area (Å²) < 4.78 is 7.55. The second-order valence-electron chi connectivity index (χ2n) is 5.60. The molecule has 1 aromatic rings. The Bertz CT molecular complexity index is 389. The van der Waals surface area contributed by atoms with Crippen LogP contribution < -0.4 is 0 Å². The lowest BCUT2D eigenvalue weighted by molar-refractivity contribution is -0.148. The smallest absolute Gasteiger partial charge is 0.0940 e. The van der Waals surface area contributed by atoms with Gasteiger partial charge in [-0.05, 0) is 38.2 Å². The predicted octanol–water partition coefficient (Wildman–Crippen LogP) is 2.72. The van der Waals surface area contributed by atoms with Gasteiger partial charge in [-0.3, -0.25) is 4.68 Å². The maximum absolute atomic E-state index is 10.4. The zero-order valence-electron chi connectivity index (χ0n) is 12.3. The van der Waals surface area contributed by atoms with Crippen LogP contribution in [0.25, 0.3) is 0 Å². The van der Waals surface area contributed by atoms with Gasteiger partial charge in [0.25, 0.3) is 0 Å². The molecule has 0 amide bonds. The van der Waals surface area contributed by atoms with Gasteiger partial charge in [0, 0.05) is 19.7 Å². The fourth-order valence-electron chi connectivity index (χ4n) is 2.94. The summed E-state index contributed by atoms with van der Waals surface area (Å²) in [6, 6.07) is 2.48. The van der Waals surface area contributed by atoms with Crippen LogP contribution in [0.4, 0.5) is 0 Å². The van der Waals surface area contributed by atoms with Gasteiger partial charge in [0.1, 0.15) is 0 Å². The third-order valence-corrected chi connectivity index (χ3v) is 4.60. The van der Waals surface area contributed by atoms with E-state index in [2.05, 4.69) is 18.9 Å². The molecule has 0 aliphatic heterocycles. The van der Waals surface area contributed by atoms with Gasteiger partial charge >= 0.3 is 0 Å². The summed E-state index contributed by atoms with van der Waals surface area (Å²) in [7, 11) is 1.70. The summed E-state index contributed by atoms with van der Waals surface area (Å²) in [5.74, 6) is 0. The molecule has 0 spiro atoms. The van der Waals surface area contributed by atoms with Crippen molar-refractivity contribution < 1.29 is 9.84 Å². The molecule has 0 radical (unpaired) electrons. The first kappa shape index (κ1) is 14.5. The first-order valence-electron chi connectivity index (χ1n) is 7.42. The van der Waals surface area contributed by atoms with Crippen LogP contribution in [0.1, 0.15) is 57.7 Å². The first-order valence-corrected chi connectivity index (χ1v) is 7.42. The highest BCUT2D eigenvalue weighted by molar-refractivity contribution is 5.06. The Morgan fingerprint density at radius 1 is 1.42 bits per heavy atom. The summed E-state index contributed by atoms with van der Waals surface area (Å²) in [5.41, 5.74) is 0.640. The van der Waals surface area contributed by atoms with Gasteiger partial charge in [0.15, 0.2) is 0 Å². The van der Waals surface area contributed by atoms with Crippen molar-refractivity contribution in [2.24, 2.45) is 0 Å². The molecular weight excluding hydrogens is 240 g/mol. The average Bonchev–Trinajstić information content (AvgIpc) is 2.78. The molecule has 1 aromatic heterocycles. The molecule has 19 heavy (non-hydrogen) atoms. The molecule has 1 aliphatic carbocycles. The highest BCUT2D eigenvalue weighted by Gasteiger charge is 2.43. The van der Waals surface area contributed by atoms with E-state index in [1.165, 1.54) is 0 Å². The second-order valence-corrected chi connectivity index (χ2v) is 5.60. The van der Waals surface area contributed by atoms with Crippen molar-refractivity contribution in [3.8, 4) is 0 Å². The fraction of sp³-hybridized carbons (Fsp3) is 0.800. The van der Waals surface area contributed by atoms with Crippen LogP contribution >= 0.6 is 0 Å². The lowest BCUT2D eigenvalue weighted by atomic mass is 9.74. The van der Waals surface area contributed by atoms with E-state index in [4.69, 9.17) is 4.74 Å². The van der Waals surface area contributed by atoms with E-state index < -0.39 is 6.10 Å². The number of rotatable bonds is 7. The number of aromatic nitrogens is 2. The maximum Gasteiger partial charge on any atom is 0.0940 e. The van der Waals surface area contributed by atoms with Crippen molar-refractivity contribution >= 4 is 0 Å². The molecule has 0 saturated heterocycles. The highest BCUT2D eigenvalue weighted by Crippen LogP contribution is 2.39. The van der Waals surface area contributed by atoms with Crippen molar-refractivity contribution in [2.75, 3.05) is 7.11 Å². The van der Waals surface area contributed by atoms with Crippen LogP contribution in [0.15, 0.2) is 12.3 Å². The SMILES string of the molecule is CCC(CC)n1ccc(CC(O)C2(OC)CCC2)n1. The normalized spacial score (nSPS) is 19.4. The zero-order chi connectivity index (χ0) is 13.9. The van der Waals surface area contributed by atoms with Gasteiger partial charge in [0.05, 0.1) is 23.4 Å². The number of ether oxygens (including phenoxy) is 1. The summed E-state index contributed by atoms with van der Waals surface area (Å²) in [6.45, 7) is 4.36. The molecule has 108 valence electrons. The van der Waals surface area contributed by atoms with Gasteiger partial charge in [0.2, 0.25) is 0 Å². The number of nitrogens with zero attached hydrogens (tertiary/aromatic N) is 2. The Balaban J connectivity index is 1.99. The zero-order valence-corrected chi connectivity index (χ0v) is 12.3. The van der Waals surface area contributed by atoms with Crippen molar-refractivity contribution in [1.82, 2.24) is 9.78 Å². The van der Waals surface area contributed by atoms with Crippen LogP contribution in [0.3, 0.4) is 0 Å². The minimum Gasteiger partial charge on any atom is -0.390 e. The van der Waals surface area contributed by atoms with Gasteiger partial charge < -0.3 is 9.84 Å². The van der Waals surface area contributed by atoms with Crippen LogP contribution in [0, 0.1) is 0 Å². The van der Waals surface area contributed by atoms with Gasteiger partial charge in [-0.25, -0.2) is 0 Å². The first-order chi connectivity index (χ1) is 9.15. The quantitative estimate of drug-likeness (QED) is 0.825. The third kappa shape index (κ3) is 2.84.